The SMILES string of the molecule is COC(=O)C1CNC[C@H]1Cc1cccc(OCCc2noc(-c3ccccc3)n2)c1. The van der Waals surface area contributed by atoms with E-state index >= 15 is 0 Å². The molecule has 7 heteroatoms. The monoisotopic (exact) mass is 407 g/mol. The van der Waals surface area contributed by atoms with Crippen molar-refractivity contribution in [2.75, 3.05) is 26.8 Å². The highest BCUT2D eigenvalue weighted by Crippen LogP contribution is 2.24. The highest BCUT2D eigenvalue weighted by Gasteiger charge is 2.33. The fraction of sp³-hybridized carbons (Fsp3) is 0.348. The van der Waals surface area contributed by atoms with Crippen LogP contribution in [-0.4, -0.2) is 42.9 Å². The number of methoxy groups -OCH3 is 1. The van der Waals surface area contributed by atoms with E-state index in [-0.39, 0.29) is 17.8 Å². The van der Waals surface area contributed by atoms with E-state index in [0.717, 1.165) is 29.8 Å². The molecule has 1 aliphatic heterocycles. The average molecular weight is 407 g/mol. The molecule has 0 aliphatic carbocycles. The summed E-state index contributed by atoms with van der Waals surface area (Å²) in [5, 5.41) is 7.31. The summed E-state index contributed by atoms with van der Waals surface area (Å²) in [4.78, 5) is 16.4. The van der Waals surface area contributed by atoms with E-state index in [2.05, 4.69) is 21.5 Å². The maximum atomic E-state index is 11.9. The predicted molar refractivity (Wildman–Crippen MR) is 111 cm³/mol. The molecule has 0 radical (unpaired) electrons. The minimum Gasteiger partial charge on any atom is -0.493 e. The van der Waals surface area contributed by atoms with Crippen LogP contribution >= 0.6 is 0 Å². The van der Waals surface area contributed by atoms with Crippen molar-refractivity contribution in [3.05, 3.63) is 66.0 Å². The second-order valence-electron chi connectivity index (χ2n) is 7.38. The summed E-state index contributed by atoms with van der Waals surface area (Å²) in [6.07, 6.45) is 1.35. The first kappa shape index (κ1) is 20.1. The van der Waals surface area contributed by atoms with Gasteiger partial charge in [0.25, 0.3) is 5.89 Å². The van der Waals surface area contributed by atoms with Crippen molar-refractivity contribution >= 4 is 5.97 Å². The normalized spacial score (nSPS) is 18.3. The lowest BCUT2D eigenvalue weighted by Crippen LogP contribution is -2.25. The number of rotatable bonds is 8. The number of nitrogens with zero attached hydrogens (tertiary/aromatic N) is 2. The number of nitrogens with one attached hydrogen (secondary N) is 1. The van der Waals surface area contributed by atoms with Gasteiger partial charge in [-0.05, 0) is 48.7 Å². The number of esters is 1. The van der Waals surface area contributed by atoms with E-state index in [0.29, 0.717) is 31.3 Å². The van der Waals surface area contributed by atoms with Gasteiger partial charge in [0.15, 0.2) is 5.82 Å². The molecular weight excluding hydrogens is 382 g/mol. The Balaban J connectivity index is 1.31. The summed E-state index contributed by atoms with van der Waals surface area (Å²) < 4.78 is 16.1. The lowest BCUT2D eigenvalue weighted by atomic mass is 9.89. The third-order valence-electron chi connectivity index (χ3n) is 5.32. The molecule has 0 bridgehead atoms. The van der Waals surface area contributed by atoms with Crippen LogP contribution in [0.1, 0.15) is 11.4 Å². The first-order chi connectivity index (χ1) is 14.7. The summed E-state index contributed by atoms with van der Waals surface area (Å²) in [5.41, 5.74) is 2.04. The molecule has 0 spiro atoms. The zero-order valence-electron chi connectivity index (χ0n) is 16.9. The summed E-state index contributed by atoms with van der Waals surface area (Å²) in [6.45, 7) is 1.93. The Labute approximate surface area is 175 Å². The molecule has 30 heavy (non-hydrogen) atoms. The van der Waals surface area contributed by atoms with Crippen LogP contribution in [-0.2, 0) is 22.4 Å². The number of carbonyl (C=O) groups is 1. The van der Waals surface area contributed by atoms with Crippen LogP contribution in [0.2, 0.25) is 0 Å². The molecular formula is C23H25N3O4. The van der Waals surface area contributed by atoms with Crippen molar-refractivity contribution in [2.45, 2.75) is 12.8 Å². The summed E-state index contributed by atoms with van der Waals surface area (Å²) >= 11 is 0. The quantitative estimate of drug-likeness (QED) is 0.575. The molecule has 1 fully saturated rings. The average Bonchev–Trinajstić information content (AvgIpc) is 3.44. The Morgan fingerprint density at radius 3 is 2.87 bits per heavy atom. The number of carbonyl (C=O) groups excluding carboxylic acids is 1. The molecule has 1 N–H and O–H groups in total. The number of aromatic nitrogens is 2. The molecule has 1 unspecified atom stereocenters. The molecule has 0 amide bonds. The Kier molecular flexibility index (Phi) is 6.39. The van der Waals surface area contributed by atoms with Crippen molar-refractivity contribution in [3.8, 4) is 17.2 Å². The Morgan fingerprint density at radius 1 is 1.17 bits per heavy atom. The molecule has 4 rings (SSSR count). The molecule has 7 nitrogen and oxygen atoms in total. The van der Waals surface area contributed by atoms with Gasteiger partial charge in [0.2, 0.25) is 0 Å². The molecule has 0 saturated carbocycles. The predicted octanol–water partition coefficient (Wildman–Crippen LogP) is 2.91. The van der Waals surface area contributed by atoms with Crippen LogP contribution in [0.15, 0.2) is 59.1 Å². The van der Waals surface area contributed by atoms with E-state index in [9.17, 15) is 4.79 Å². The van der Waals surface area contributed by atoms with E-state index in [1.165, 1.54) is 7.11 Å². The van der Waals surface area contributed by atoms with Gasteiger partial charge in [-0.3, -0.25) is 4.79 Å². The van der Waals surface area contributed by atoms with E-state index in [1.807, 2.05) is 48.5 Å². The lowest BCUT2D eigenvalue weighted by Gasteiger charge is -2.16. The smallest absolute Gasteiger partial charge is 0.310 e. The van der Waals surface area contributed by atoms with Crippen molar-refractivity contribution in [1.82, 2.24) is 15.5 Å². The molecule has 3 aromatic rings. The number of benzene rings is 2. The number of hydrogen-bond acceptors (Lipinski definition) is 7. The third kappa shape index (κ3) is 4.86. The van der Waals surface area contributed by atoms with Gasteiger partial charge >= 0.3 is 5.97 Å². The second kappa shape index (κ2) is 9.54. The summed E-state index contributed by atoms with van der Waals surface area (Å²) in [7, 11) is 1.44. The van der Waals surface area contributed by atoms with Gasteiger partial charge in [-0.1, -0.05) is 35.5 Å². The van der Waals surface area contributed by atoms with Crippen LogP contribution in [0, 0.1) is 11.8 Å². The van der Waals surface area contributed by atoms with Crippen LogP contribution in [0.25, 0.3) is 11.5 Å². The van der Waals surface area contributed by atoms with Crippen LogP contribution < -0.4 is 10.1 Å². The molecule has 1 saturated heterocycles. The first-order valence-corrected chi connectivity index (χ1v) is 10.1. The minimum atomic E-state index is -0.146. The van der Waals surface area contributed by atoms with Crippen LogP contribution in [0.3, 0.4) is 0 Å². The van der Waals surface area contributed by atoms with Crippen molar-refractivity contribution in [1.29, 1.82) is 0 Å². The summed E-state index contributed by atoms with van der Waals surface area (Å²) in [6, 6.07) is 17.7. The van der Waals surface area contributed by atoms with Crippen molar-refractivity contribution < 1.29 is 18.8 Å². The van der Waals surface area contributed by atoms with Gasteiger partial charge in [-0.2, -0.15) is 4.98 Å². The highest BCUT2D eigenvalue weighted by atomic mass is 16.5. The molecule has 156 valence electrons. The molecule has 2 aromatic carbocycles. The fourth-order valence-electron chi connectivity index (χ4n) is 3.75. The van der Waals surface area contributed by atoms with Crippen molar-refractivity contribution in [2.24, 2.45) is 11.8 Å². The van der Waals surface area contributed by atoms with Crippen molar-refractivity contribution in [3.63, 3.8) is 0 Å². The topological polar surface area (TPSA) is 86.5 Å². The molecule has 1 aromatic heterocycles. The van der Waals surface area contributed by atoms with Gasteiger partial charge < -0.3 is 19.3 Å². The second-order valence-corrected chi connectivity index (χ2v) is 7.38. The number of hydrogen-bond donors (Lipinski definition) is 1. The van der Waals surface area contributed by atoms with Gasteiger partial charge in [-0.15, -0.1) is 0 Å². The zero-order chi connectivity index (χ0) is 20.8. The Bertz CT molecular complexity index is 973. The maximum Gasteiger partial charge on any atom is 0.310 e. The largest absolute Gasteiger partial charge is 0.493 e. The summed E-state index contributed by atoms with van der Waals surface area (Å²) in [5.74, 6) is 1.90. The van der Waals surface area contributed by atoms with E-state index in [4.69, 9.17) is 14.0 Å². The number of ether oxygens (including phenoxy) is 2. The van der Waals surface area contributed by atoms with Crippen LogP contribution in [0.4, 0.5) is 0 Å². The van der Waals surface area contributed by atoms with Crippen LogP contribution in [0.5, 0.6) is 5.75 Å². The maximum absolute atomic E-state index is 11.9. The molecule has 2 heterocycles. The first-order valence-electron chi connectivity index (χ1n) is 10.1. The van der Waals surface area contributed by atoms with E-state index in [1.54, 1.807) is 0 Å². The molecule has 2 atom stereocenters. The minimum absolute atomic E-state index is 0.100. The Morgan fingerprint density at radius 2 is 2.03 bits per heavy atom. The zero-order valence-corrected chi connectivity index (χ0v) is 16.9. The van der Waals surface area contributed by atoms with Gasteiger partial charge in [0.1, 0.15) is 5.75 Å². The molecule has 1 aliphatic rings. The third-order valence-corrected chi connectivity index (χ3v) is 5.32. The van der Waals surface area contributed by atoms with Gasteiger partial charge in [-0.25, -0.2) is 0 Å². The standard InChI is InChI=1S/C23H25N3O4/c1-28-23(27)20-15-24-14-18(20)12-16-6-5-9-19(13-16)29-11-10-21-25-22(30-26-21)17-7-3-2-4-8-17/h2-9,13,18,20,24H,10-12,14-15H2,1H3/t18-,20?/m1/s1. The lowest BCUT2D eigenvalue weighted by molar-refractivity contribution is -0.146. The van der Waals surface area contributed by atoms with E-state index < -0.39 is 0 Å². The highest BCUT2D eigenvalue weighted by molar-refractivity contribution is 5.73. The fourth-order valence-corrected chi connectivity index (χ4v) is 3.75. The Hall–Kier alpha value is -3.19. The van der Waals surface area contributed by atoms with Gasteiger partial charge in [0, 0.05) is 18.5 Å². The van der Waals surface area contributed by atoms with Gasteiger partial charge in [0.05, 0.1) is 19.6 Å².